The summed E-state index contributed by atoms with van der Waals surface area (Å²) >= 11 is 5.84. The van der Waals surface area contributed by atoms with Crippen LogP contribution in [0.15, 0.2) is 18.2 Å². The Hall–Kier alpha value is -0.530. The van der Waals surface area contributed by atoms with Crippen LogP contribution in [0.5, 0.6) is 0 Å². The minimum absolute atomic E-state index is 0.373. The largest absolute Gasteiger partial charge is 0.315 e. The van der Waals surface area contributed by atoms with E-state index in [0.717, 1.165) is 6.42 Å². The number of likely N-dealkylation sites (N-methyl/N-ethyl adjacent to an activating group) is 1. The quantitative estimate of drug-likeness (QED) is 0.756. The molecule has 1 atom stereocenters. The maximum atomic E-state index is 5.84. The third-order valence-electron chi connectivity index (χ3n) is 2.56. The summed E-state index contributed by atoms with van der Waals surface area (Å²) in [6.45, 7) is 4.27. The van der Waals surface area contributed by atoms with Gasteiger partial charge in [0.15, 0.2) is 0 Å². The van der Waals surface area contributed by atoms with Crippen molar-refractivity contribution in [2.24, 2.45) is 0 Å². The van der Waals surface area contributed by atoms with Gasteiger partial charge in [0.1, 0.15) is 0 Å². The van der Waals surface area contributed by atoms with Gasteiger partial charge in [0.2, 0.25) is 0 Å². The Morgan fingerprint density at radius 2 is 2.07 bits per heavy atom. The number of hydrogen-bond acceptors (Lipinski definition) is 1. The molecule has 0 fully saturated rings. The van der Waals surface area contributed by atoms with E-state index >= 15 is 0 Å². The zero-order chi connectivity index (χ0) is 10.6. The topological polar surface area (TPSA) is 12.0 Å². The first-order valence-corrected chi connectivity index (χ1v) is 5.50. The van der Waals surface area contributed by atoms with Crippen LogP contribution in [0.25, 0.3) is 0 Å². The first-order valence-electron chi connectivity index (χ1n) is 4.96. The molecule has 1 nitrogen and oxygen atoms in total. The van der Waals surface area contributed by atoms with Gasteiger partial charge in [0.05, 0.1) is 0 Å². The second-order valence-corrected chi connectivity index (χ2v) is 4.08. The molecule has 0 spiro atoms. The number of aryl methyl sites for hydroxylation is 2. The molecule has 0 aliphatic carbocycles. The van der Waals surface area contributed by atoms with Crippen LogP contribution in [-0.4, -0.2) is 19.0 Å². The Bertz CT molecular complexity index is 292. The summed E-state index contributed by atoms with van der Waals surface area (Å²) in [4.78, 5) is 0. The van der Waals surface area contributed by atoms with E-state index in [-0.39, 0.29) is 0 Å². The Morgan fingerprint density at radius 1 is 1.36 bits per heavy atom. The number of nitrogens with one attached hydrogen (secondary N) is 1. The van der Waals surface area contributed by atoms with E-state index in [1.54, 1.807) is 0 Å². The highest BCUT2D eigenvalue weighted by Crippen LogP contribution is 2.12. The standard InChI is InChI=1S/C12H18ClN/c1-9-4-5-11(10(2)6-9)7-12(8-13)14-3/h4-6,12,14H,7-8H2,1-3H3. The summed E-state index contributed by atoms with van der Waals surface area (Å²) in [6, 6.07) is 6.94. The second kappa shape index (κ2) is 5.38. The van der Waals surface area contributed by atoms with Crippen LogP contribution in [0, 0.1) is 13.8 Å². The number of halogens is 1. The second-order valence-electron chi connectivity index (χ2n) is 3.77. The zero-order valence-corrected chi connectivity index (χ0v) is 9.86. The van der Waals surface area contributed by atoms with Crippen LogP contribution in [0.1, 0.15) is 16.7 Å². The van der Waals surface area contributed by atoms with E-state index in [1.165, 1.54) is 16.7 Å². The fraction of sp³-hybridized carbons (Fsp3) is 0.500. The Kier molecular flexibility index (Phi) is 4.43. The van der Waals surface area contributed by atoms with Crippen LogP contribution in [-0.2, 0) is 6.42 Å². The molecule has 1 unspecified atom stereocenters. The Morgan fingerprint density at radius 3 is 2.57 bits per heavy atom. The van der Waals surface area contributed by atoms with Gasteiger partial charge in [-0.1, -0.05) is 23.8 Å². The molecular formula is C12H18ClN. The van der Waals surface area contributed by atoms with Crippen molar-refractivity contribution in [3.8, 4) is 0 Å². The summed E-state index contributed by atoms with van der Waals surface area (Å²) in [6.07, 6.45) is 1.01. The summed E-state index contributed by atoms with van der Waals surface area (Å²) in [5.74, 6) is 0.657. The lowest BCUT2D eigenvalue weighted by Gasteiger charge is -2.14. The molecule has 0 heterocycles. The van der Waals surface area contributed by atoms with Crippen molar-refractivity contribution in [3.05, 3.63) is 34.9 Å². The lowest BCUT2D eigenvalue weighted by Crippen LogP contribution is -2.29. The first-order chi connectivity index (χ1) is 6.67. The van der Waals surface area contributed by atoms with Crippen molar-refractivity contribution >= 4 is 11.6 Å². The lowest BCUT2D eigenvalue weighted by molar-refractivity contribution is 0.612. The van der Waals surface area contributed by atoms with Crippen LogP contribution in [0.2, 0.25) is 0 Å². The van der Waals surface area contributed by atoms with Crippen LogP contribution in [0.3, 0.4) is 0 Å². The number of rotatable bonds is 4. The van der Waals surface area contributed by atoms with Crippen LogP contribution >= 0.6 is 11.6 Å². The van der Waals surface area contributed by atoms with Gasteiger partial charge >= 0.3 is 0 Å². The highest BCUT2D eigenvalue weighted by Gasteiger charge is 2.07. The van der Waals surface area contributed by atoms with Gasteiger partial charge < -0.3 is 5.32 Å². The van der Waals surface area contributed by atoms with E-state index in [1.807, 2.05) is 7.05 Å². The van der Waals surface area contributed by atoms with Crippen molar-refractivity contribution in [1.29, 1.82) is 0 Å². The summed E-state index contributed by atoms with van der Waals surface area (Å²) in [5.41, 5.74) is 4.06. The van der Waals surface area contributed by atoms with Gasteiger partial charge in [-0.05, 0) is 38.4 Å². The Labute approximate surface area is 91.5 Å². The molecule has 78 valence electrons. The number of hydrogen-bond donors (Lipinski definition) is 1. The van der Waals surface area contributed by atoms with E-state index in [9.17, 15) is 0 Å². The van der Waals surface area contributed by atoms with Crippen molar-refractivity contribution in [1.82, 2.24) is 5.32 Å². The van der Waals surface area contributed by atoms with Crippen molar-refractivity contribution in [2.75, 3.05) is 12.9 Å². The van der Waals surface area contributed by atoms with Gasteiger partial charge in [-0.2, -0.15) is 0 Å². The van der Waals surface area contributed by atoms with Crippen molar-refractivity contribution < 1.29 is 0 Å². The molecule has 1 aromatic carbocycles. The predicted molar refractivity (Wildman–Crippen MR) is 63.2 cm³/mol. The molecule has 0 aliphatic heterocycles. The third kappa shape index (κ3) is 3.00. The Balaban J connectivity index is 2.76. The average Bonchev–Trinajstić information content (AvgIpc) is 2.17. The minimum Gasteiger partial charge on any atom is -0.315 e. The van der Waals surface area contributed by atoms with Gasteiger partial charge in [-0.15, -0.1) is 11.6 Å². The highest BCUT2D eigenvalue weighted by atomic mass is 35.5. The van der Waals surface area contributed by atoms with Gasteiger partial charge in [0.25, 0.3) is 0 Å². The molecular weight excluding hydrogens is 194 g/mol. The third-order valence-corrected chi connectivity index (χ3v) is 2.93. The smallest absolute Gasteiger partial charge is 0.0380 e. The van der Waals surface area contributed by atoms with Gasteiger partial charge in [-0.25, -0.2) is 0 Å². The first kappa shape index (κ1) is 11.5. The molecule has 0 amide bonds. The molecule has 1 N–H and O–H groups in total. The van der Waals surface area contributed by atoms with Crippen molar-refractivity contribution in [2.45, 2.75) is 26.3 Å². The summed E-state index contributed by atoms with van der Waals surface area (Å²) in [7, 11) is 1.95. The average molecular weight is 212 g/mol. The SMILES string of the molecule is CNC(CCl)Cc1ccc(C)cc1C. The van der Waals surface area contributed by atoms with Crippen molar-refractivity contribution in [3.63, 3.8) is 0 Å². The highest BCUT2D eigenvalue weighted by molar-refractivity contribution is 6.18. The summed E-state index contributed by atoms with van der Waals surface area (Å²) < 4.78 is 0. The van der Waals surface area contributed by atoms with E-state index < -0.39 is 0 Å². The molecule has 1 rings (SSSR count). The van der Waals surface area contributed by atoms with E-state index in [2.05, 4.69) is 37.4 Å². The van der Waals surface area contributed by atoms with Gasteiger partial charge in [0, 0.05) is 11.9 Å². The monoisotopic (exact) mass is 211 g/mol. The predicted octanol–water partition coefficient (Wildman–Crippen LogP) is 2.67. The molecule has 0 aromatic heterocycles. The molecule has 1 aromatic rings. The summed E-state index contributed by atoms with van der Waals surface area (Å²) in [5, 5.41) is 3.21. The molecule has 0 radical (unpaired) electrons. The zero-order valence-electron chi connectivity index (χ0n) is 9.10. The van der Waals surface area contributed by atoms with E-state index in [0.29, 0.717) is 11.9 Å². The van der Waals surface area contributed by atoms with Crippen LogP contribution < -0.4 is 5.32 Å². The molecule has 14 heavy (non-hydrogen) atoms. The molecule has 0 aliphatic rings. The molecule has 2 heteroatoms. The molecule has 0 saturated heterocycles. The lowest BCUT2D eigenvalue weighted by atomic mass is 10.00. The normalized spacial score (nSPS) is 12.9. The van der Waals surface area contributed by atoms with E-state index in [4.69, 9.17) is 11.6 Å². The number of alkyl halides is 1. The van der Waals surface area contributed by atoms with Gasteiger partial charge in [-0.3, -0.25) is 0 Å². The maximum absolute atomic E-state index is 5.84. The fourth-order valence-corrected chi connectivity index (χ4v) is 1.84. The fourth-order valence-electron chi connectivity index (χ4n) is 1.57. The maximum Gasteiger partial charge on any atom is 0.0380 e. The molecule has 0 saturated carbocycles. The minimum atomic E-state index is 0.373. The van der Waals surface area contributed by atoms with Crippen LogP contribution in [0.4, 0.5) is 0 Å². The number of benzene rings is 1. The molecule has 0 bridgehead atoms.